The monoisotopic (exact) mass is 1040 g/mol. The Morgan fingerprint density at radius 1 is 0.958 bits per heavy atom. The molecule has 4 aliphatic heterocycles. The van der Waals surface area contributed by atoms with E-state index in [1.54, 1.807) is 34.6 Å². The van der Waals surface area contributed by atoms with E-state index in [-0.39, 0.29) is 54.1 Å². The first-order chi connectivity index (χ1) is 34.6. The first kappa shape index (κ1) is 51.6. The summed E-state index contributed by atoms with van der Waals surface area (Å²) in [5.41, 5.74) is 11.7. The molecule has 0 radical (unpaired) electrons. The highest BCUT2D eigenvalue weighted by Gasteiger charge is 2.43. The average Bonchev–Trinajstić information content (AvgIpc) is 4.12. The zero-order valence-electron chi connectivity index (χ0n) is 41.8. The standard InChI is InChI=1S/C51H67ClN14O4S2/c1-31(2)45(66-27-32(3)60-61-66)50(70)65-28-38(67)24-40(65)48(68)59-39(34-6-8-35(9-7-34)46-33(4)57-30-71-46)29-62-18-11-36(12-19-62)49(69)64-20-13-37(14-21-64)58-47-44(52)41(10-17-54-47)72-43-26-55-42(25-56-43)63-22-15-51(5,53)16-23-63/h6-10,17,25-27,30-31,36-40,45,67H,11-16,18-24,28-29,53H2,1-5H3,(H,54,58)(H,59,68)/t38-,39+,40+,45+/m1/s1. The molecule has 0 spiro atoms. The number of rotatable bonds is 15. The van der Waals surface area contributed by atoms with E-state index in [0.717, 1.165) is 76.2 Å². The number of thiazole rings is 1. The molecule has 4 saturated heterocycles. The number of hydrogen-bond donors (Lipinski definition) is 4. The Morgan fingerprint density at radius 2 is 1.69 bits per heavy atom. The summed E-state index contributed by atoms with van der Waals surface area (Å²) in [6, 6.07) is 8.25. The summed E-state index contributed by atoms with van der Waals surface area (Å²) < 4.78 is 1.56. The summed E-state index contributed by atoms with van der Waals surface area (Å²) in [7, 11) is 0. The maximum atomic E-state index is 14.4. The number of halogens is 1. The lowest BCUT2D eigenvalue weighted by atomic mass is 9.91. The Bertz CT molecular complexity index is 2660. The van der Waals surface area contributed by atoms with Gasteiger partial charge in [-0.1, -0.05) is 66.7 Å². The minimum absolute atomic E-state index is 0.0536. The number of benzene rings is 1. The van der Waals surface area contributed by atoms with Gasteiger partial charge in [-0.15, -0.1) is 16.4 Å². The van der Waals surface area contributed by atoms with Crippen LogP contribution in [0.15, 0.2) is 70.6 Å². The third kappa shape index (κ3) is 12.1. The Kier molecular flexibility index (Phi) is 16.1. The van der Waals surface area contributed by atoms with Gasteiger partial charge in [-0.25, -0.2) is 24.6 Å². The lowest BCUT2D eigenvalue weighted by Gasteiger charge is -2.38. The van der Waals surface area contributed by atoms with E-state index < -0.39 is 24.2 Å². The Labute approximate surface area is 434 Å². The van der Waals surface area contributed by atoms with Crippen LogP contribution in [0.1, 0.15) is 94.8 Å². The molecule has 384 valence electrons. The van der Waals surface area contributed by atoms with Crippen molar-refractivity contribution in [2.45, 2.75) is 125 Å². The fourth-order valence-electron chi connectivity index (χ4n) is 10.4. The average molecular weight is 1040 g/mol. The predicted molar refractivity (Wildman–Crippen MR) is 280 cm³/mol. The number of carbonyl (C=O) groups is 3. The minimum Gasteiger partial charge on any atom is -0.391 e. The highest BCUT2D eigenvalue weighted by molar-refractivity contribution is 7.99. The molecule has 1 aromatic carbocycles. The fraction of sp³-hybridized carbons (Fsp3) is 0.549. The number of nitrogens with zero attached hydrogens (tertiary/aromatic N) is 11. The molecule has 3 amide bonds. The van der Waals surface area contributed by atoms with Crippen molar-refractivity contribution in [3.8, 4) is 10.4 Å². The van der Waals surface area contributed by atoms with Gasteiger partial charge in [-0.3, -0.25) is 14.4 Å². The molecule has 18 nitrogen and oxygen atoms in total. The Balaban J connectivity index is 0.791. The molecule has 4 atom stereocenters. The summed E-state index contributed by atoms with van der Waals surface area (Å²) in [6.45, 7) is 14.7. The predicted octanol–water partition coefficient (Wildman–Crippen LogP) is 6.16. The van der Waals surface area contributed by atoms with Crippen LogP contribution >= 0.6 is 34.7 Å². The zero-order valence-corrected chi connectivity index (χ0v) is 44.2. The van der Waals surface area contributed by atoms with E-state index in [2.05, 4.69) is 69.7 Å². The van der Waals surface area contributed by atoms with E-state index in [1.165, 1.54) is 16.7 Å². The number of β-amino-alcohol motifs (C(OH)–C–C–N with tert-alkyl or cyclic N) is 1. The van der Waals surface area contributed by atoms with Gasteiger partial charge in [0.05, 0.1) is 51.3 Å². The van der Waals surface area contributed by atoms with Crippen molar-refractivity contribution < 1.29 is 19.5 Å². The van der Waals surface area contributed by atoms with Gasteiger partial charge >= 0.3 is 0 Å². The van der Waals surface area contributed by atoms with Crippen molar-refractivity contribution in [3.05, 3.63) is 82.6 Å². The van der Waals surface area contributed by atoms with Crippen molar-refractivity contribution in [2.75, 3.05) is 62.6 Å². The minimum atomic E-state index is -0.862. The van der Waals surface area contributed by atoms with Crippen LogP contribution in [-0.2, 0) is 14.4 Å². The van der Waals surface area contributed by atoms with Crippen LogP contribution in [0.5, 0.6) is 0 Å². The normalized spacial score (nSPS) is 21.0. The highest BCUT2D eigenvalue weighted by Crippen LogP contribution is 2.37. The fourth-order valence-corrected chi connectivity index (χ4v) is 12.3. The summed E-state index contributed by atoms with van der Waals surface area (Å²) >= 11 is 9.97. The molecule has 0 unspecified atom stereocenters. The van der Waals surface area contributed by atoms with Gasteiger partial charge in [0.1, 0.15) is 28.7 Å². The van der Waals surface area contributed by atoms with Gasteiger partial charge < -0.3 is 41.1 Å². The first-order valence-electron chi connectivity index (χ1n) is 25.2. The van der Waals surface area contributed by atoms with Crippen LogP contribution in [0.2, 0.25) is 5.02 Å². The van der Waals surface area contributed by atoms with Crippen molar-refractivity contribution in [3.63, 3.8) is 0 Å². The number of pyridine rings is 1. The second-order valence-electron chi connectivity index (χ2n) is 20.6. The van der Waals surface area contributed by atoms with Gasteiger partial charge in [-0.05, 0) is 95.5 Å². The number of aryl methyl sites for hydroxylation is 2. The second kappa shape index (κ2) is 22.5. The number of aliphatic hydroxyl groups is 1. The van der Waals surface area contributed by atoms with E-state index >= 15 is 0 Å². The lowest BCUT2D eigenvalue weighted by Crippen LogP contribution is -2.51. The molecule has 5 N–H and O–H groups in total. The zero-order chi connectivity index (χ0) is 50.7. The van der Waals surface area contributed by atoms with Gasteiger partial charge in [-0.2, -0.15) is 0 Å². The lowest BCUT2D eigenvalue weighted by molar-refractivity contribution is -0.142. The molecule has 4 fully saturated rings. The molecule has 9 rings (SSSR count). The van der Waals surface area contributed by atoms with E-state index in [9.17, 15) is 19.5 Å². The maximum absolute atomic E-state index is 14.4. The van der Waals surface area contributed by atoms with Crippen LogP contribution < -0.4 is 21.3 Å². The third-order valence-electron chi connectivity index (χ3n) is 14.7. The van der Waals surface area contributed by atoms with E-state index in [4.69, 9.17) is 17.3 Å². The molecule has 4 aliphatic rings. The number of anilines is 2. The number of piperidine rings is 3. The molecule has 4 aromatic heterocycles. The van der Waals surface area contributed by atoms with Crippen LogP contribution in [0.4, 0.5) is 11.6 Å². The molecule has 72 heavy (non-hydrogen) atoms. The SMILES string of the molecule is Cc1cn([C@H](C(=O)N2C[C@H](O)C[C@H]2C(=O)N[C@@H](CN2CCC(C(=O)N3CCC(Nc4nccc(Sc5cnc(N6CCC(C)(N)CC6)cn5)c4Cl)CC3)CC2)c2ccc(-c3scnc3C)cc2)C(C)C)nn1. The highest BCUT2D eigenvalue weighted by atomic mass is 35.5. The topological polar surface area (TPSA) is 217 Å². The van der Waals surface area contributed by atoms with Crippen LogP contribution in [-0.4, -0.2) is 149 Å². The van der Waals surface area contributed by atoms with Crippen molar-refractivity contribution in [1.82, 2.24) is 54.9 Å². The summed E-state index contributed by atoms with van der Waals surface area (Å²) in [4.78, 5) is 71.0. The van der Waals surface area contributed by atoms with Gasteiger partial charge in [0.25, 0.3) is 0 Å². The smallest absolute Gasteiger partial charge is 0.248 e. The quantitative estimate of drug-likeness (QED) is 0.0924. The third-order valence-corrected chi connectivity index (χ3v) is 17.2. The molecular weight excluding hydrogens is 972 g/mol. The summed E-state index contributed by atoms with van der Waals surface area (Å²) in [5, 5.41) is 27.3. The second-order valence-corrected chi connectivity index (χ2v) is 22.9. The molecule has 5 aromatic rings. The van der Waals surface area contributed by atoms with E-state index in [0.29, 0.717) is 62.1 Å². The number of aromatic nitrogens is 7. The molecule has 8 heterocycles. The van der Waals surface area contributed by atoms with Crippen molar-refractivity contribution in [1.29, 1.82) is 0 Å². The largest absolute Gasteiger partial charge is 0.391 e. The van der Waals surface area contributed by atoms with Crippen LogP contribution in [0.25, 0.3) is 10.4 Å². The van der Waals surface area contributed by atoms with E-state index in [1.807, 2.05) is 62.5 Å². The van der Waals surface area contributed by atoms with Crippen molar-refractivity contribution >= 4 is 64.1 Å². The number of hydrogen-bond acceptors (Lipinski definition) is 16. The Morgan fingerprint density at radius 3 is 2.33 bits per heavy atom. The Hall–Kier alpha value is -5.25. The number of carbonyl (C=O) groups excluding carboxylic acids is 3. The van der Waals surface area contributed by atoms with Gasteiger partial charge in [0.2, 0.25) is 17.7 Å². The first-order valence-corrected chi connectivity index (χ1v) is 27.3. The van der Waals surface area contributed by atoms with Gasteiger partial charge in [0.15, 0.2) is 0 Å². The number of amides is 3. The van der Waals surface area contributed by atoms with Crippen LogP contribution in [0.3, 0.4) is 0 Å². The number of nitrogens with one attached hydrogen (secondary N) is 2. The molecule has 0 bridgehead atoms. The molecule has 0 saturated carbocycles. The number of likely N-dealkylation sites (tertiary alicyclic amines) is 3. The summed E-state index contributed by atoms with van der Waals surface area (Å²) in [5.74, 6) is 0.842. The van der Waals surface area contributed by atoms with Gasteiger partial charge in [0, 0.05) is 80.5 Å². The molecule has 0 aliphatic carbocycles. The maximum Gasteiger partial charge on any atom is 0.248 e. The molecule has 21 heteroatoms. The number of nitrogens with two attached hydrogens (primary N) is 1. The number of aliphatic hydroxyl groups excluding tert-OH is 1. The molecular formula is C51H67ClN14O4S2. The van der Waals surface area contributed by atoms with Crippen molar-refractivity contribution in [2.24, 2.45) is 17.6 Å². The van der Waals surface area contributed by atoms with Crippen LogP contribution in [0, 0.1) is 25.7 Å². The summed E-state index contributed by atoms with van der Waals surface area (Å²) in [6.07, 6.45) is 11.2.